The van der Waals surface area contributed by atoms with Crippen molar-refractivity contribution in [3.8, 4) is 5.75 Å². The molecule has 0 bridgehead atoms. The normalized spacial score (nSPS) is 19.7. The number of ether oxygens (including phenoxy) is 1. The SMILES string of the molecule is CC1(C)Cc2cc(NC(=O)c3cnn4cccnc34)c(N3CCC(SN)C3)cc2O1. The zero-order valence-corrected chi connectivity index (χ0v) is 17.8. The van der Waals surface area contributed by atoms with Crippen LogP contribution in [0.2, 0.25) is 0 Å². The van der Waals surface area contributed by atoms with Crippen LogP contribution in [-0.2, 0) is 6.42 Å². The second-order valence-electron chi connectivity index (χ2n) is 8.41. The first-order chi connectivity index (χ1) is 14.4. The molecule has 156 valence electrons. The number of hydrogen-bond donors (Lipinski definition) is 2. The fourth-order valence-electron chi connectivity index (χ4n) is 4.24. The van der Waals surface area contributed by atoms with Gasteiger partial charge in [0, 0.05) is 48.8 Å². The molecular formula is C21H24N6O2S. The van der Waals surface area contributed by atoms with Crippen molar-refractivity contribution in [2.75, 3.05) is 23.3 Å². The Kier molecular flexibility index (Phi) is 4.59. The van der Waals surface area contributed by atoms with Crippen LogP contribution in [0.15, 0.2) is 36.8 Å². The Morgan fingerprint density at radius 2 is 2.27 bits per heavy atom. The summed E-state index contributed by atoms with van der Waals surface area (Å²) in [7, 11) is 0. The fourth-order valence-corrected chi connectivity index (χ4v) is 4.74. The van der Waals surface area contributed by atoms with Crippen LogP contribution in [0.1, 0.15) is 36.2 Å². The van der Waals surface area contributed by atoms with Crippen molar-refractivity contribution in [2.24, 2.45) is 5.14 Å². The highest BCUT2D eigenvalue weighted by Crippen LogP contribution is 2.43. The molecule has 2 aromatic heterocycles. The number of nitrogens with two attached hydrogens (primary N) is 1. The largest absolute Gasteiger partial charge is 0.487 e. The fraction of sp³-hybridized carbons (Fsp3) is 0.381. The molecule has 30 heavy (non-hydrogen) atoms. The van der Waals surface area contributed by atoms with Crippen LogP contribution in [0.25, 0.3) is 5.65 Å². The van der Waals surface area contributed by atoms with Crippen molar-refractivity contribution in [3.63, 3.8) is 0 Å². The van der Waals surface area contributed by atoms with Crippen molar-refractivity contribution in [2.45, 2.75) is 37.5 Å². The number of nitrogens with one attached hydrogen (secondary N) is 1. The van der Waals surface area contributed by atoms with Gasteiger partial charge in [0.15, 0.2) is 5.65 Å². The van der Waals surface area contributed by atoms with Gasteiger partial charge in [-0.1, -0.05) is 11.9 Å². The summed E-state index contributed by atoms with van der Waals surface area (Å²) in [5.41, 5.74) is 3.55. The lowest BCUT2D eigenvalue weighted by molar-refractivity contribution is 0.102. The Morgan fingerprint density at radius 1 is 1.40 bits per heavy atom. The van der Waals surface area contributed by atoms with Crippen LogP contribution < -0.4 is 20.1 Å². The maximum absolute atomic E-state index is 13.1. The topological polar surface area (TPSA) is 97.8 Å². The quantitative estimate of drug-likeness (QED) is 0.622. The Balaban J connectivity index is 1.51. The molecule has 9 heteroatoms. The molecule has 0 radical (unpaired) electrons. The molecule has 3 aromatic rings. The second kappa shape index (κ2) is 7.17. The zero-order chi connectivity index (χ0) is 20.9. The maximum Gasteiger partial charge on any atom is 0.261 e. The third kappa shape index (κ3) is 3.37. The van der Waals surface area contributed by atoms with E-state index < -0.39 is 0 Å². The molecule has 0 saturated carbocycles. The van der Waals surface area contributed by atoms with Crippen molar-refractivity contribution in [3.05, 3.63) is 47.9 Å². The van der Waals surface area contributed by atoms with E-state index in [1.54, 1.807) is 29.2 Å². The van der Waals surface area contributed by atoms with Crippen molar-refractivity contribution >= 4 is 34.9 Å². The minimum absolute atomic E-state index is 0.230. The summed E-state index contributed by atoms with van der Waals surface area (Å²) in [5, 5.41) is 13.5. The summed E-state index contributed by atoms with van der Waals surface area (Å²) in [5.74, 6) is 0.654. The van der Waals surface area contributed by atoms with Gasteiger partial charge in [0.05, 0.1) is 17.6 Å². The first kappa shape index (κ1) is 19.2. The van der Waals surface area contributed by atoms with Gasteiger partial charge in [-0.25, -0.2) is 9.50 Å². The highest BCUT2D eigenvalue weighted by molar-refractivity contribution is 7.97. The molecule has 3 N–H and O–H groups in total. The van der Waals surface area contributed by atoms with Crippen molar-refractivity contribution < 1.29 is 9.53 Å². The van der Waals surface area contributed by atoms with E-state index in [1.807, 2.05) is 6.07 Å². The van der Waals surface area contributed by atoms with E-state index in [9.17, 15) is 4.79 Å². The van der Waals surface area contributed by atoms with Gasteiger partial charge in [-0.05, 0) is 32.4 Å². The Labute approximate surface area is 178 Å². The number of carbonyl (C=O) groups is 1. The third-order valence-electron chi connectivity index (χ3n) is 5.63. The lowest BCUT2D eigenvalue weighted by Crippen LogP contribution is -2.24. The number of hydrogen-bond acceptors (Lipinski definition) is 7. The minimum atomic E-state index is -0.255. The summed E-state index contributed by atoms with van der Waals surface area (Å²) < 4.78 is 7.74. The summed E-state index contributed by atoms with van der Waals surface area (Å²) >= 11 is 1.40. The van der Waals surface area contributed by atoms with Crippen molar-refractivity contribution in [1.29, 1.82) is 0 Å². The predicted molar refractivity (Wildman–Crippen MR) is 118 cm³/mol. The molecule has 0 aliphatic carbocycles. The number of benzene rings is 1. The molecule has 1 atom stereocenters. The maximum atomic E-state index is 13.1. The lowest BCUT2D eigenvalue weighted by atomic mass is 10.0. The molecule has 1 fully saturated rings. The van der Waals surface area contributed by atoms with Gasteiger partial charge in [0.2, 0.25) is 0 Å². The van der Waals surface area contributed by atoms with E-state index in [0.717, 1.165) is 48.6 Å². The molecule has 2 aliphatic rings. The molecule has 1 saturated heterocycles. The molecular weight excluding hydrogens is 400 g/mol. The van der Waals surface area contributed by atoms with E-state index in [2.05, 4.69) is 40.2 Å². The van der Waals surface area contributed by atoms with Gasteiger partial charge < -0.3 is 15.0 Å². The Hall–Kier alpha value is -2.78. The first-order valence-corrected chi connectivity index (χ1v) is 10.9. The number of nitrogens with zero attached hydrogens (tertiary/aromatic N) is 4. The van der Waals surface area contributed by atoms with E-state index in [-0.39, 0.29) is 11.5 Å². The smallest absolute Gasteiger partial charge is 0.261 e. The molecule has 2 aliphatic heterocycles. The Bertz CT molecular complexity index is 1130. The molecule has 1 unspecified atom stereocenters. The van der Waals surface area contributed by atoms with Gasteiger partial charge >= 0.3 is 0 Å². The van der Waals surface area contributed by atoms with Crippen molar-refractivity contribution in [1.82, 2.24) is 14.6 Å². The lowest BCUT2D eigenvalue weighted by Gasteiger charge is -2.23. The average molecular weight is 425 g/mol. The van der Waals surface area contributed by atoms with Gasteiger partial charge in [0.25, 0.3) is 5.91 Å². The minimum Gasteiger partial charge on any atom is -0.487 e. The van der Waals surface area contributed by atoms with Gasteiger partial charge in [0.1, 0.15) is 16.9 Å². The third-order valence-corrected chi connectivity index (χ3v) is 6.40. The zero-order valence-electron chi connectivity index (χ0n) is 17.0. The van der Waals surface area contributed by atoms with Crippen LogP contribution in [0.5, 0.6) is 5.75 Å². The Morgan fingerprint density at radius 3 is 3.07 bits per heavy atom. The highest BCUT2D eigenvalue weighted by atomic mass is 32.2. The standard InChI is InChI=1S/C21H24N6O2S/c1-21(2)10-13-8-16(17(9-18(13)29-21)26-7-4-14(12-26)30-22)25-20(28)15-11-24-27-6-3-5-23-19(15)27/h3,5-6,8-9,11,14H,4,7,10,12,22H2,1-2H3,(H,25,28). The number of fused-ring (bicyclic) bond motifs is 2. The highest BCUT2D eigenvalue weighted by Gasteiger charge is 2.33. The summed E-state index contributed by atoms with van der Waals surface area (Å²) in [6.45, 7) is 5.88. The number of aromatic nitrogens is 3. The molecule has 1 amide bonds. The molecule has 5 rings (SSSR count). The van der Waals surface area contributed by atoms with Crippen LogP contribution in [0.3, 0.4) is 0 Å². The van der Waals surface area contributed by atoms with E-state index in [4.69, 9.17) is 9.88 Å². The molecule has 1 aromatic carbocycles. The number of amides is 1. The molecule has 8 nitrogen and oxygen atoms in total. The van der Waals surface area contributed by atoms with Crippen LogP contribution in [0, 0.1) is 0 Å². The first-order valence-electron chi connectivity index (χ1n) is 10.00. The summed E-state index contributed by atoms with van der Waals surface area (Å²) in [6, 6.07) is 5.87. The molecule has 4 heterocycles. The van der Waals surface area contributed by atoms with Gasteiger partial charge in [-0.3, -0.25) is 9.93 Å². The number of carbonyl (C=O) groups excluding carboxylic acids is 1. The monoisotopic (exact) mass is 424 g/mol. The van der Waals surface area contributed by atoms with E-state index >= 15 is 0 Å². The summed E-state index contributed by atoms with van der Waals surface area (Å²) in [6.07, 6.45) is 6.78. The average Bonchev–Trinajstić information content (AvgIpc) is 3.42. The van der Waals surface area contributed by atoms with Crippen LogP contribution in [-0.4, -0.2) is 44.4 Å². The molecule has 0 spiro atoms. The summed E-state index contributed by atoms with van der Waals surface area (Å²) in [4.78, 5) is 19.7. The van der Waals surface area contributed by atoms with Gasteiger partial charge in [-0.2, -0.15) is 5.10 Å². The number of anilines is 2. The predicted octanol–water partition coefficient (Wildman–Crippen LogP) is 2.88. The van der Waals surface area contributed by atoms with E-state index in [0.29, 0.717) is 16.5 Å². The second-order valence-corrected chi connectivity index (χ2v) is 9.35. The van der Waals surface area contributed by atoms with Gasteiger partial charge in [-0.15, -0.1) is 0 Å². The van der Waals surface area contributed by atoms with Crippen LogP contribution in [0.4, 0.5) is 11.4 Å². The number of rotatable bonds is 4. The van der Waals surface area contributed by atoms with Crippen LogP contribution >= 0.6 is 11.9 Å². The van der Waals surface area contributed by atoms with E-state index in [1.165, 1.54) is 11.9 Å².